The number of benzene rings is 2. The maximum Gasteiger partial charge on any atom is 0.230 e. The predicted molar refractivity (Wildman–Crippen MR) is 113 cm³/mol. The Morgan fingerprint density at radius 1 is 1.21 bits per heavy atom. The first-order valence-electron chi connectivity index (χ1n) is 8.87. The number of hydrogen-bond donors (Lipinski definition) is 1. The molecule has 0 saturated carbocycles. The maximum absolute atomic E-state index is 12.6. The third-order valence-corrected chi connectivity index (χ3v) is 5.37. The standard InChI is InChI=1S/C21H18ClN3O2S/c1-2-27-19-6-4-3-5-17(19)23-20(26)11-16-13-28-21-24-18(12-25(16)21)14-7-9-15(22)10-8-14/h3-10,12-13H,2,11H2,1H3,(H,23,26). The molecule has 5 nitrogen and oxygen atoms in total. The first-order valence-corrected chi connectivity index (χ1v) is 10.1. The zero-order valence-corrected chi connectivity index (χ0v) is 16.8. The van der Waals surface area contributed by atoms with Crippen LogP contribution in [0, 0.1) is 0 Å². The normalized spacial score (nSPS) is 10.9. The summed E-state index contributed by atoms with van der Waals surface area (Å²) >= 11 is 7.47. The summed E-state index contributed by atoms with van der Waals surface area (Å²) in [5.41, 5.74) is 3.40. The molecule has 2 heterocycles. The summed E-state index contributed by atoms with van der Waals surface area (Å²) in [6.45, 7) is 2.46. The summed E-state index contributed by atoms with van der Waals surface area (Å²) in [6, 6.07) is 15.0. The first-order chi connectivity index (χ1) is 13.6. The first kappa shape index (κ1) is 18.5. The van der Waals surface area contributed by atoms with E-state index in [1.165, 1.54) is 11.3 Å². The molecule has 0 unspecified atom stereocenters. The topological polar surface area (TPSA) is 55.6 Å². The van der Waals surface area contributed by atoms with Crippen LogP contribution in [-0.4, -0.2) is 21.9 Å². The number of hydrogen-bond acceptors (Lipinski definition) is 4. The average molecular weight is 412 g/mol. The van der Waals surface area contributed by atoms with Crippen LogP contribution >= 0.6 is 22.9 Å². The molecule has 2 aromatic carbocycles. The number of carbonyl (C=O) groups excluding carboxylic acids is 1. The number of nitrogens with one attached hydrogen (secondary N) is 1. The zero-order valence-electron chi connectivity index (χ0n) is 15.2. The number of fused-ring (bicyclic) bond motifs is 1. The second-order valence-electron chi connectivity index (χ2n) is 6.17. The number of aromatic nitrogens is 2. The molecule has 0 bridgehead atoms. The van der Waals surface area contributed by atoms with E-state index in [0.29, 0.717) is 23.1 Å². The Hall–Kier alpha value is -2.83. The molecule has 1 N–H and O–H groups in total. The molecule has 0 atom stereocenters. The van der Waals surface area contributed by atoms with Crippen molar-refractivity contribution in [2.45, 2.75) is 13.3 Å². The van der Waals surface area contributed by atoms with Gasteiger partial charge in [-0.15, -0.1) is 11.3 Å². The van der Waals surface area contributed by atoms with Crippen LogP contribution in [0.1, 0.15) is 12.6 Å². The van der Waals surface area contributed by atoms with Crippen LogP contribution in [0.25, 0.3) is 16.2 Å². The zero-order chi connectivity index (χ0) is 19.5. The Bertz CT molecular complexity index is 1120. The van der Waals surface area contributed by atoms with Crippen molar-refractivity contribution in [1.29, 1.82) is 0 Å². The molecule has 142 valence electrons. The van der Waals surface area contributed by atoms with Gasteiger partial charge in [-0.1, -0.05) is 35.9 Å². The Kier molecular flexibility index (Phi) is 5.32. The molecule has 4 aromatic rings. The Morgan fingerprint density at radius 3 is 2.79 bits per heavy atom. The molecule has 0 saturated heterocycles. The van der Waals surface area contributed by atoms with Gasteiger partial charge in [-0.2, -0.15) is 0 Å². The number of para-hydroxylation sites is 2. The molecule has 0 spiro atoms. The van der Waals surface area contributed by atoms with Crippen molar-refractivity contribution in [2.24, 2.45) is 0 Å². The number of nitrogens with zero attached hydrogens (tertiary/aromatic N) is 2. The molecule has 0 aliphatic rings. The second-order valence-corrected chi connectivity index (χ2v) is 7.44. The van der Waals surface area contributed by atoms with Gasteiger partial charge in [0.25, 0.3) is 0 Å². The number of halogens is 1. The van der Waals surface area contributed by atoms with Gasteiger partial charge >= 0.3 is 0 Å². The van der Waals surface area contributed by atoms with E-state index in [1.54, 1.807) is 0 Å². The number of carbonyl (C=O) groups is 1. The van der Waals surface area contributed by atoms with Gasteiger partial charge in [-0.05, 0) is 31.2 Å². The van der Waals surface area contributed by atoms with Crippen molar-refractivity contribution in [2.75, 3.05) is 11.9 Å². The molecule has 4 rings (SSSR count). The second kappa shape index (κ2) is 8.04. The molecule has 2 aromatic heterocycles. The number of amides is 1. The fraction of sp³-hybridized carbons (Fsp3) is 0.143. The highest BCUT2D eigenvalue weighted by atomic mass is 35.5. The fourth-order valence-corrected chi connectivity index (χ4v) is 3.93. The smallest absolute Gasteiger partial charge is 0.230 e. The van der Waals surface area contributed by atoms with Gasteiger partial charge < -0.3 is 10.1 Å². The van der Waals surface area contributed by atoms with Crippen LogP contribution < -0.4 is 10.1 Å². The Labute approximate surface area is 171 Å². The molecule has 0 radical (unpaired) electrons. The molecular weight excluding hydrogens is 394 g/mol. The minimum absolute atomic E-state index is 0.103. The minimum atomic E-state index is -0.103. The summed E-state index contributed by atoms with van der Waals surface area (Å²) < 4.78 is 7.53. The third kappa shape index (κ3) is 3.88. The van der Waals surface area contributed by atoms with E-state index < -0.39 is 0 Å². The van der Waals surface area contributed by atoms with E-state index in [0.717, 1.165) is 21.9 Å². The van der Waals surface area contributed by atoms with E-state index in [4.69, 9.17) is 16.3 Å². The largest absolute Gasteiger partial charge is 0.492 e. The quantitative estimate of drug-likeness (QED) is 0.468. The molecule has 0 aliphatic heterocycles. The van der Waals surface area contributed by atoms with Crippen molar-refractivity contribution in [3.05, 3.63) is 70.8 Å². The van der Waals surface area contributed by atoms with E-state index in [-0.39, 0.29) is 12.3 Å². The highest BCUT2D eigenvalue weighted by Gasteiger charge is 2.14. The van der Waals surface area contributed by atoms with Crippen molar-refractivity contribution >= 4 is 39.5 Å². The molecule has 0 fully saturated rings. The van der Waals surface area contributed by atoms with Crippen molar-refractivity contribution in [1.82, 2.24) is 9.38 Å². The summed E-state index contributed by atoms with van der Waals surface area (Å²) in [6.07, 6.45) is 2.20. The van der Waals surface area contributed by atoms with Crippen LogP contribution in [0.2, 0.25) is 5.02 Å². The highest BCUT2D eigenvalue weighted by molar-refractivity contribution is 7.15. The molecular formula is C21H18ClN3O2S. The summed E-state index contributed by atoms with van der Waals surface area (Å²) in [7, 11) is 0. The molecule has 1 amide bonds. The van der Waals surface area contributed by atoms with Crippen molar-refractivity contribution in [3.63, 3.8) is 0 Å². The lowest BCUT2D eigenvalue weighted by molar-refractivity contribution is -0.115. The lowest BCUT2D eigenvalue weighted by Crippen LogP contribution is -2.16. The van der Waals surface area contributed by atoms with E-state index in [9.17, 15) is 4.79 Å². The van der Waals surface area contributed by atoms with Crippen molar-refractivity contribution < 1.29 is 9.53 Å². The van der Waals surface area contributed by atoms with Gasteiger partial charge in [-0.3, -0.25) is 9.20 Å². The Balaban J connectivity index is 1.53. The third-order valence-electron chi connectivity index (χ3n) is 4.23. The van der Waals surface area contributed by atoms with Gasteiger partial charge in [0.2, 0.25) is 5.91 Å². The van der Waals surface area contributed by atoms with Crippen LogP contribution in [0.15, 0.2) is 60.1 Å². The van der Waals surface area contributed by atoms with Crippen LogP contribution in [0.5, 0.6) is 5.75 Å². The molecule has 7 heteroatoms. The van der Waals surface area contributed by atoms with Crippen LogP contribution in [0.4, 0.5) is 5.69 Å². The highest BCUT2D eigenvalue weighted by Crippen LogP contribution is 2.26. The maximum atomic E-state index is 12.6. The minimum Gasteiger partial charge on any atom is -0.492 e. The van der Waals surface area contributed by atoms with E-state index >= 15 is 0 Å². The van der Waals surface area contributed by atoms with Gasteiger partial charge in [0, 0.05) is 27.9 Å². The number of rotatable bonds is 6. The van der Waals surface area contributed by atoms with Gasteiger partial charge in [-0.25, -0.2) is 4.98 Å². The average Bonchev–Trinajstić information content (AvgIpc) is 3.26. The lowest BCUT2D eigenvalue weighted by Gasteiger charge is -2.11. The number of thiazole rings is 1. The summed E-state index contributed by atoms with van der Waals surface area (Å²) in [4.78, 5) is 18.1. The van der Waals surface area contributed by atoms with Gasteiger partial charge in [0.1, 0.15) is 5.75 Å². The van der Waals surface area contributed by atoms with Crippen LogP contribution in [-0.2, 0) is 11.2 Å². The number of ether oxygens (including phenoxy) is 1. The number of anilines is 1. The van der Waals surface area contributed by atoms with E-state index in [1.807, 2.05) is 71.4 Å². The van der Waals surface area contributed by atoms with Gasteiger partial charge in [0.05, 0.1) is 24.4 Å². The predicted octanol–water partition coefficient (Wildman–Crippen LogP) is 5.30. The van der Waals surface area contributed by atoms with Crippen molar-refractivity contribution in [3.8, 4) is 17.0 Å². The van der Waals surface area contributed by atoms with Gasteiger partial charge in [0.15, 0.2) is 4.96 Å². The monoisotopic (exact) mass is 411 g/mol. The summed E-state index contributed by atoms with van der Waals surface area (Å²) in [5, 5.41) is 5.58. The molecule has 0 aliphatic carbocycles. The number of imidazole rings is 1. The van der Waals surface area contributed by atoms with E-state index in [2.05, 4.69) is 10.3 Å². The lowest BCUT2D eigenvalue weighted by atomic mass is 10.2. The fourth-order valence-electron chi connectivity index (χ4n) is 2.93. The Morgan fingerprint density at radius 2 is 2.00 bits per heavy atom. The molecule has 28 heavy (non-hydrogen) atoms. The SMILES string of the molecule is CCOc1ccccc1NC(=O)Cc1csc2nc(-c3ccc(Cl)cc3)cn12. The van der Waals surface area contributed by atoms with Crippen LogP contribution in [0.3, 0.4) is 0 Å². The summed E-state index contributed by atoms with van der Waals surface area (Å²) in [5.74, 6) is 0.565.